The van der Waals surface area contributed by atoms with Gasteiger partial charge in [-0.15, -0.1) is 22.7 Å². The van der Waals surface area contributed by atoms with E-state index in [1.165, 1.54) is 56.8 Å². The predicted molar refractivity (Wildman–Crippen MR) is 146 cm³/mol. The zero-order valence-corrected chi connectivity index (χ0v) is 22.4. The van der Waals surface area contributed by atoms with Gasteiger partial charge in [0, 0.05) is 28.1 Å². The summed E-state index contributed by atoms with van der Waals surface area (Å²) in [4.78, 5) is 40.3. The van der Waals surface area contributed by atoms with Crippen molar-refractivity contribution in [3.05, 3.63) is 89.6 Å². The number of methoxy groups -OCH3 is 1. The van der Waals surface area contributed by atoms with E-state index in [4.69, 9.17) is 16.3 Å². The third-order valence-electron chi connectivity index (χ3n) is 5.33. The first-order valence-electron chi connectivity index (χ1n) is 10.8. The third kappa shape index (κ3) is 5.42. The lowest BCUT2D eigenvalue weighted by atomic mass is 10.2. The zero-order valence-electron chi connectivity index (χ0n) is 19.2. The second-order valence-corrected chi connectivity index (χ2v) is 11.1. The van der Waals surface area contributed by atoms with Crippen molar-refractivity contribution >= 4 is 63.3 Å². The van der Waals surface area contributed by atoms with Gasteiger partial charge in [-0.1, -0.05) is 17.7 Å². The number of hydrogen-bond donors (Lipinski definition) is 1. The summed E-state index contributed by atoms with van der Waals surface area (Å²) in [5.41, 5.74) is 0.876. The summed E-state index contributed by atoms with van der Waals surface area (Å²) < 4.78 is 12.5. The third-order valence-corrected chi connectivity index (χ3v) is 8.06. The van der Waals surface area contributed by atoms with Crippen LogP contribution in [0.15, 0.2) is 64.3 Å². The number of halogens is 1. The largest absolute Gasteiger partial charge is 0.491 e. The fourth-order valence-electron chi connectivity index (χ4n) is 3.54. The van der Waals surface area contributed by atoms with Crippen LogP contribution in [0.4, 0.5) is 5.82 Å². The molecule has 0 saturated carbocycles. The molecule has 0 aliphatic heterocycles. The Bertz CT molecular complexity index is 1620. The molecule has 9 nitrogen and oxygen atoms in total. The van der Waals surface area contributed by atoms with E-state index in [9.17, 15) is 14.4 Å². The van der Waals surface area contributed by atoms with Gasteiger partial charge in [-0.3, -0.25) is 14.4 Å². The first kappa shape index (κ1) is 25.1. The van der Waals surface area contributed by atoms with Crippen molar-refractivity contribution in [2.45, 2.75) is 13.1 Å². The number of Topliss-reactive ketones (excluding diaryl/α,β-unsaturated/α-hetero) is 1. The Morgan fingerprint density at radius 2 is 2.08 bits per heavy atom. The Morgan fingerprint density at radius 3 is 2.76 bits per heavy atom. The van der Waals surface area contributed by atoms with Crippen LogP contribution in [0.25, 0.3) is 11.3 Å². The van der Waals surface area contributed by atoms with Gasteiger partial charge < -0.3 is 14.6 Å². The number of pyridine rings is 1. The number of ketones is 1. The van der Waals surface area contributed by atoms with E-state index >= 15 is 0 Å². The topological polar surface area (TPSA) is 108 Å². The van der Waals surface area contributed by atoms with Crippen LogP contribution < -0.4 is 15.6 Å². The molecular formula is C24H18ClN5O4S3. The lowest BCUT2D eigenvalue weighted by molar-refractivity contribution is 0.0946. The molecule has 0 aromatic carbocycles. The maximum atomic E-state index is 13.2. The van der Waals surface area contributed by atoms with E-state index < -0.39 is 5.56 Å². The molecule has 0 aliphatic carbocycles. The number of anilines is 1. The number of aromatic nitrogens is 4. The molecule has 0 aliphatic rings. The summed E-state index contributed by atoms with van der Waals surface area (Å²) in [6.45, 7) is 0.268. The van der Waals surface area contributed by atoms with Gasteiger partial charge in [0.25, 0.3) is 11.5 Å². The smallest absolute Gasteiger partial charge is 0.293 e. The molecule has 37 heavy (non-hydrogen) atoms. The van der Waals surface area contributed by atoms with E-state index in [1.807, 2.05) is 6.07 Å². The number of hydrogen-bond acceptors (Lipinski definition) is 10. The second kappa shape index (κ2) is 10.8. The van der Waals surface area contributed by atoms with Crippen molar-refractivity contribution in [3.8, 4) is 17.0 Å². The maximum absolute atomic E-state index is 13.2. The Labute approximate surface area is 227 Å². The van der Waals surface area contributed by atoms with Crippen LogP contribution in [0, 0.1) is 0 Å². The highest BCUT2D eigenvalue weighted by Crippen LogP contribution is 2.27. The van der Waals surface area contributed by atoms with Crippen molar-refractivity contribution in [2.75, 3.05) is 12.4 Å². The second-order valence-electron chi connectivity index (χ2n) is 7.73. The Balaban J connectivity index is 1.53. The molecular weight excluding hydrogens is 554 g/mol. The fourth-order valence-corrected chi connectivity index (χ4v) is 5.74. The Hall–Kier alpha value is -3.58. The number of ether oxygens (including phenoxy) is 1. The molecule has 0 atom stereocenters. The number of nitrogens with one attached hydrogen (secondary N) is 1. The number of rotatable bonds is 9. The molecule has 0 unspecified atom stereocenters. The highest BCUT2D eigenvalue weighted by Gasteiger charge is 2.20. The molecule has 13 heteroatoms. The van der Waals surface area contributed by atoms with E-state index in [1.54, 1.807) is 47.3 Å². The predicted octanol–water partition coefficient (Wildman–Crippen LogP) is 5.14. The molecule has 5 aromatic heterocycles. The van der Waals surface area contributed by atoms with Gasteiger partial charge in [-0.05, 0) is 41.2 Å². The molecule has 0 spiro atoms. The highest BCUT2D eigenvalue weighted by molar-refractivity contribution is 7.16. The van der Waals surface area contributed by atoms with Gasteiger partial charge in [-0.25, -0.2) is 4.37 Å². The average Bonchev–Trinajstić information content (AvgIpc) is 3.71. The van der Waals surface area contributed by atoms with Gasteiger partial charge in [0.2, 0.25) is 0 Å². The van der Waals surface area contributed by atoms with Crippen LogP contribution in [0.5, 0.6) is 5.75 Å². The molecule has 0 fully saturated rings. The minimum atomic E-state index is -0.441. The lowest BCUT2D eigenvalue weighted by Crippen LogP contribution is -2.24. The van der Waals surface area contributed by atoms with Crippen LogP contribution in [0.2, 0.25) is 4.34 Å². The summed E-state index contributed by atoms with van der Waals surface area (Å²) in [5, 5.41) is 11.2. The summed E-state index contributed by atoms with van der Waals surface area (Å²) in [6, 6.07) is 10.4. The standard InChI is InChI=1S/C24H18ClN5O4S3/c1-34-19-7-14(11-29(24(19)33)12-18(31)20-3-2-6-35-20)17-8-22(26-10-16-4-5-21(25)37-16)30(28-17)23(32)15-9-27-36-13-15/h2-9,11,13,26H,10,12H2,1H3. The molecule has 0 amide bonds. The average molecular weight is 572 g/mol. The highest BCUT2D eigenvalue weighted by atomic mass is 35.5. The van der Waals surface area contributed by atoms with Crippen molar-refractivity contribution in [1.82, 2.24) is 18.7 Å². The van der Waals surface area contributed by atoms with Crippen LogP contribution >= 0.6 is 45.8 Å². The van der Waals surface area contributed by atoms with Crippen molar-refractivity contribution in [1.29, 1.82) is 0 Å². The van der Waals surface area contributed by atoms with Crippen molar-refractivity contribution < 1.29 is 14.3 Å². The van der Waals surface area contributed by atoms with Gasteiger partial charge in [-0.2, -0.15) is 9.78 Å². The molecule has 0 radical (unpaired) electrons. The summed E-state index contributed by atoms with van der Waals surface area (Å²) in [6.07, 6.45) is 3.03. The molecule has 0 bridgehead atoms. The SMILES string of the molecule is COc1cc(-c2cc(NCc3ccc(Cl)s3)n(C(=O)c3cnsc3)n2)cn(CC(=O)c2cccs2)c1=O. The summed E-state index contributed by atoms with van der Waals surface area (Å²) in [5.74, 6) is -0.0527. The van der Waals surface area contributed by atoms with Crippen LogP contribution in [-0.4, -0.2) is 37.5 Å². The molecule has 1 N–H and O–H groups in total. The molecule has 5 aromatic rings. The number of carbonyl (C=O) groups is 2. The van der Waals surface area contributed by atoms with Crippen molar-refractivity contribution in [3.63, 3.8) is 0 Å². The number of nitrogens with zero attached hydrogens (tertiary/aromatic N) is 4. The first-order chi connectivity index (χ1) is 17.9. The Kier molecular flexibility index (Phi) is 7.33. The number of thiophene rings is 2. The summed E-state index contributed by atoms with van der Waals surface area (Å²) in [7, 11) is 1.39. The van der Waals surface area contributed by atoms with E-state index in [2.05, 4.69) is 14.8 Å². The minimum Gasteiger partial charge on any atom is -0.491 e. The zero-order chi connectivity index (χ0) is 25.9. The van der Waals surface area contributed by atoms with Gasteiger partial charge in [0.1, 0.15) is 5.82 Å². The van der Waals surface area contributed by atoms with E-state index in [0.29, 0.717) is 38.4 Å². The maximum Gasteiger partial charge on any atom is 0.293 e. The van der Waals surface area contributed by atoms with Crippen LogP contribution in [0.3, 0.4) is 0 Å². The van der Waals surface area contributed by atoms with E-state index in [-0.39, 0.29) is 24.0 Å². The van der Waals surface area contributed by atoms with Gasteiger partial charge in [0.15, 0.2) is 11.5 Å². The molecule has 5 heterocycles. The lowest BCUT2D eigenvalue weighted by Gasteiger charge is -2.09. The fraction of sp³-hybridized carbons (Fsp3) is 0.125. The van der Waals surface area contributed by atoms with Crippen LogP contribution in [0.1, 0.15) is 24.9 Å². The van der Waals surface area contributed by atoms with Gasteiger partial charge >= 0.3 is 0 Å². The summed E-state index contributed by atoms with van der Waals surface area (Å²) >= 11 is 9.96. The number of carbonyl (C=O) groups excluding carboxylic acids is 2. The molecule has 0 saturated heterocycles. The monoisotopic (exact) mass is 571 g/mol. The van der Waals surface area contributed by atoms with Gasteiger partial charge in [0.05, 0.1) is 46.9 Å². The molecule has 188 valence electrons. The Morgan fingerprint density at radius 1 is 1.22 bits per heavy atom. The molecule has 5 rings (SSSR count). The van der Waals surface area contributed by atoms with Crippen LogP contribution in [-0.2, 0) is 13.1 Å². The first-order valence-corrected chi connectivity index (χ1v) is 13.7. The normalized spacial score (nSPS) is 11.0. The quantitative estimate of drug-likeness (QED) is 0.244. The minimum absolute atomic E-state index is 0.0575. The van der Waals surface area contributed by atoms with E-state index in [0.717, 1.165) is 4.88 Å². The van der Waals surface area contributed by atoms with Crippen molar-refractivity contribution in [2.24, 2.45) is 0 Å².